The van der Waals surface area contributed by atoms with Crippen LogP contribution in [0.1, 0.15) is 18.4 Å². The van der Waals surface area contributed by atoms with E-state index >= 15 is 0 Å². The number of alkyl halides is 2. The summed E-state index contributed by atoms with van der Waals surface area (Å²) in [5.41, 5.74) is 0.759. The molecule has 0 radical (unpaired) electrons. The van der Waals surface area contributed by atoms with E-state index in [2.05, 4.69) is 0 Å². The maximum Gasteiger partial charge on any atom is 0.258 e. The molecule has 2 heteroatoms. The highest BCUT2D eigenvalue weighted by Gasteiger charge is 2.65. The van der Waals surface area contributed by atoms with E-state index in [1.165, 1.54) is 0 Å². The van der Waals surface area contributed by atoms with Crippen molar-refractivity contribution in [2.24, 2.45) is 5.92 Å². The molecule has 64 valence electrons. The van der Waals surface area contributed by atoms with Gasteiger partial charge in [-0.25, -0.2) is 8.78 Å². The third-order valence-electron chi connectivity index (χ3n) is 2.57. The number of rotatable bonds is 1. The molecule has 1 aromatic rings. The summed E-state index contributed by atoms with van der Waals surface area (Å²) >= 11 is 0. The molecule has 1 saturated carbocycles. The SMILES string of the molecule is C[C@@H]1[C@@H](c2ccccc2)C1(F)F. The zero-order valence-corrected chi connectivity index (χ0v) is 6.80. The molecule has 2 rings (SSSR count). The summed E-state index contributed by atoms with van der Waals surface area (Å²) in [6.07, 6.45) is 0. The van der Waals surface area contributed by atoms with Crippen LogP contribution < -0.4 is 0 Å². The minimum atomic E-state index is -2.47. The van der Waals surface area contributed by atoms with Gasteiger partial charge in [-0.05, 0) is 5.56 Å². The number of hydrogen-bond donors (Lipinski definition) is 0. The average molecular weight is 168 g/mol. The van der Waals surface area contributed by atoms with Crippen molar-refractivity contribution in [3.8, 4) is 0 Å². The predicted octanol–water partition coefficient (Wildman–Crippen LogP) is 3.06. The first-order chi connectivity index (χ1) is 5.64. The lowest BCUT2D eigenvalue weighted by Crippen LogP contribution is -1.92. The third-order valence-corrected chi connectivity index (χ3v) is 2.57. The molecule has 1 fully saturated rings. The van der Waals surface area contributed by atoms with Crippen LogP contribution in [0.25, 0.3) is 0 Å². The second-order valence-corrected chi connectivity index (χ2v) is 3.35. The fraction of sp³-hybridized carbons (Fsp3) is 0.400. The summed E-state index contributed by atoms with van der Waals surface area (Å²) < 4.78 is 25.8. The summed E-state index contributed by atoms with van der Waals surface area (Å²) in [4.78, 5) is 0. The van der Waals surface area contributed by atoms with Crippen molar-refractivity contribution in [2.75, 3.05) is 0 Å². The second kappa shape index (κ2) is 2.28. The molecule has 0 heterocycles. The summed E-state index contributed by atoms with van der Waals surface area (Å²) in [5, 5.41) is 0. The van der Waals surface area contributed by atoms with Gasteiger partial charge in [-0.2, -0.15) is 0 Å². The van der Waals surface area contributed by atoms with Crippen molar-refractivity contribution < 1.29 is 8.78 Å². The minimum absolute atomic E-state index is 0.486. The Morgan fingerprint density at radius 3 is 2.08 bits per heavy atom. The van der Waals surface area contributed by atoms with Crippen molar-refractivity contribution in [3.05, 3.63) is 35.9 Å². The van der Waals surface area contributed by atoms with Crippen LogP contribution >= 0.6 is 0 Å². The molecule has 1 aliphatic carbocycles. The van der Waals surface area contributed by atoms with Crippen LogP contribution in [0.3, 0.4) is 0 Å². The van der Waals surface area contributed by atoms with E-state index in [1.54, 1.807) is 31.2 Å². The zero-order chi connectivity index (χ0) is 8.77. The highest BCUT2D eigenvalue weighted by Crippen LogP contribution is 2.61. The second-order valence-electron chi connectivity index (χ2n) is 3.35. The molecule has 0 spiro atoms. The standard InChI is InChI=1S/C10H10F2/c1-7-9(10(7,11)12)8-5-3-2-4-6-8/h2-7,9H,1H3/t7-,9+/m1/s1. The Hall–Kier alpha value is -0.920. The lowest BCUT2D eigenvalue weighted by Gasteiger charge is -1.96. The van der Waals surface area contributed by atoms with E-state index in [1.807, 2.05) is 6.07 Å². The number of halogens is 2. The van der Waals surface area contributed by atoms with Crippen molar-refractivity contribution in [1.82, 2.24) is 0 Å². The lowest BCUT2D eigenvalue weighted by molar-refractivity contribution is 0.0964. The molecule has 2 atom stereocenters. The first kappa shape index (κ1) is 7.71. The van der Waals surface area contributed by atoms with Crippen LogP contribution in [0.5, 0.6) is 0 Å². The predicted molar refractivity (Wildman–Crippen MR) is 43.3 cm³/mol. The largest absolute Gasteiger partial charge is 0.258 e. The van der Waals surface area contributed by atoms with Crippen molar-refractivity contribution in [3.63, 3.8) is 0 Å². The van der Waals surface area contributed by atoms with Gasteiger partial charge in [0, 0.05) is 5.92 Å². The van der Waals surface area contributed by atoms with Gasteiger partial charge in [0.1, 0.15) is 0 Å². The van der Waals surface area contributed by atoms with Crippen LogP contribution in [0.15, 0.2) is 30.3 Å². The van der Waals surface area contributed by atoms with E-state index in [-0.39, 0.29) is 0 Å². The maximum atomic E-state index is 12.9. The Balaban J connectivity index is 2.25. The highest BCUT2D eigenvalue weighted by molar-refractivity contribution is 5.31. The number of benzene rings is 1. The van der Waals surface area contributed by atoms with Gasteiger partial charge in [-0.1, -0.05) is 37.3 Å². The Bertz CT molecular complexity index is 279. The Morgan fingerprint density at radius 2 is 1.67 bits per heavy atom. The van der Waals surface area contributed by atoms with Crippen LogP contribution in [-0.4, -0.2) is 5.92 Å². The molecular weight excluding hydrogens is 158 g/mol. The highest BCUT2D eigenvalue weighted by atomic mass is 19.3. The Morgan fingerprint density at radius 1 is 1.17 bits per heavy atom. The van der Waals surface area contributed by atoms with Gasteiger partial charge < -0.3 is 0 Å². The molecule has 0 amide bonds. The molecule has 0 nitrogen and oxygen atoms in total. The van der Waals surface area contributed by atoms with E-state index in [0.29, 0.717) is 0 Å². The number of hydrogen-bond acceptors (Lipinski definition) is 0. The van der Waals surface area contributed by atoms with E-state index in [0.717, 1.165) is 5.56 Å². The van der Waals surface area contributed by atoms with E-state index < -0.39 is 17.8 Å². The topological polar surface area (TPSA) is 0 Å². The average Bonchev–Trinajstić information content (AvgIpc) is 2.53. The first-order valence-corrected chi connectivity index (χ1v) is 4.07. The van der Waals surface area contributed by atoms with Gasteiger partial charge in [-0.15, -0.1) is 0 Å². The summed E-state index contributed by atoms with van der Waals surface area (Å²) in [5.74, 6) is -3.50. The Kier molecular flexibility index (Phi) is 1.47. The van der Waals surface area contributed by atoms with Crippen LogP contribution in [0, 0.1) is 5.92 Å². The van der Waals surface area contributed by atoms with Crippen molar-refractivity contribution >= 4 is 0 Å². The molecule has 1 aliphatic rings. The first-order valence-electron chi connectivity index (χ1n) is 4.07. The monoisotopic (exact) mass is 168 g/mol. The van der Waals surface area contributed by atoms with E-state index in [9.17, 15) is 8.78 Å². The normalized spacial score (nSPS) is 31.6. The van der Waals surface area contributed by atoms with Gasteiger partial charge in [0.15, 0.2) is 0 Å². The Labute approximate surface area is 70.2 Å². The summed E-state index contributed by atoms with van der Waals surface area (Å²) in [6, 6.07) is 8.98. The van der Waals surface area contributed by atoms with Gasteiger partial charge in [-0.3, -0.25) is 0 Å². The molecular formula is C10H10F2. The van der Waals surface area contributed by atoms with Gasteiger partial charge in [0.25, 0.3) is 5.92 Å². The molecule has 0 bridgehead atoms. The quantitative estimate of drug-likeness (QED) is 0.604. The fourth-order valence-electron chi connectivity index (χ4n) is 1.65. The summed E-state index contributed by atoms with van der Waals surface area (Å²) in [7, 11) is 0. The van der Waals surface area contributed by atoms with Gasteiger partial charge in [0.2, 0.25) is 0 Å². The maximum absolute atomic E-state index is 12.9. The third kappa shape index (κ3) is 0.942. The molecule has 0 aromatic heterocycles. The van der Waals surface area contributed by atoms with Crippen LogP contribution in [0.4, 0.5) is 8.78 Å². The molecule has 1 aromatic carbocycles. The minimum Gasteiger partial charge on any atom is -0.206 e. The summed E-state index contributed by atoms with van der Waals surface area (Å²) in [6.45, 7) is 1.59. The van der Waals surface area contributed by atoms with Crippen LogP contribution in [-0.2, 0) is 0 Å². The molecule has 0 unspecified atom stereocenters. The lowest BCUT2D eigenvalue weighted by atomic mass is 10.1. The van der Waals surface area contributed by atoms with Crippen molar-refractivity contribution in [2.45, 2.75) is 18.8 Å². The molecule has 12 heavy (non-hydrogen) atoms. The molecule has 0 N–H and O–H groups in total. The van der Waals surface area contributed by atoms with Gasteiger partial charge >= 0.3 is 0 Å². The van der Waals surface area contributed by atoms with E-state index in [4.69, 9.17) is 0 Å². The molecule has 0 aliphatic heterocycles. The van der Waals surface area contributed by atoms with Crippen LogP contribution in [0.2, 0.25) is 0 Å². The fourth-order valence-corrected chi connectivity index (χ4v) is 1.65. The van der Waals surface area contributed by atoms with Gasteiger partial charge in [0.05, 0.1) is 5.92 Å². The zero-order valence-electron chi connectivity index (χ0n) is 6.80. The molecule has 0 saturated heterocycles. The smallest absolute Gasteiger partial charge is 0.206 e. The van der Waals surface area contributed by atoms with Crippen molar-refractivity contribution in [1.29, 1.82) is 0 Å².